The van der Waals surface area contributed by atoms with Gasteiger partial charge in [0, 0.05) is 5.56 Å². The number of carbonyl (C=O) groups excluding carboxylic acids is 1. The number of rotatable bonds is 2. The smallest absolute Gasteiger partial charge is 0.189 e. The van der Waals surface area contributed by atoms with E-state index < -0.39 is 17.9 Å². The summed E-state index contributed by atoms with van der Waals surface area (Å²) in [5.41, 5.74) is -0.329. The van der Waals surface area contributed by atoms with Gasteiger partial charge >= 0.3 is 0 Å². The van der Waals surface area contributed by atoms with Gasteiger partial charge in [0.25, 0.3) is 0 Å². The summed E-state index contributed by atoms with van der Waals surface area (Å²) in [6, 6.07) is 1.91. The second-order valence-electron chi connectivity index (χ2n) is 3.09. The summed E-state index contributed by atoms with van der Waals surface area (Å²) in [6.07, 6.45) is -0.627. The Balaban J connectivity index is 2.42. The van der Waals surface area contributed by atoms with Gasteiger partial charge < -0.3 is 9.47 Å². The molecule has 0 radical (unpaired) electrons. The fourth-order valence-corrected chi connectivity index (χ4v) is 1.42. The van der Waals surface area contributed by atoms with E-state index in [4.69, 9.17) is 9.47 Å². The van der Waals surface area contributed by atoms with Gasteiger partial charge in [0.2, 0.25) is 0 Å². The molecular weight excluding hydrogens is 206 g/mol. The topological polar surface area (TPSA) is 35.5 Å². The first-order valence-electron chi connectivity index (χ1n) is 4.39. The maximum atomic E-state index is 13.4. The monoisotopic (exact) mass is 214 g/mol. The van der Waals surface area contributed by atoms with Crippen LogP contribution in [0.4, 0.5) is 8.78 Å². The van der Waals surface area contributed by atoms with Crippen molar-refractivity contribution in [3.8, 4) is 0 Å². The molecule has 15 heavy (non-hydrogen) atoms. The molecule has 0 unspecified atom stereocenters. The van der Waals surface area contributed by atoms with Crippen molar-refractivity contribution in [1.82, 2.24) is 0 Å². The van der Waals surface area contributed by atoms with Crippen LogP contribution in [0.1, 0.15) is 22.2 Å². The number of halogens is 2. The minimum Gasteiger partial charge on any atom is -0.346 e. The number of hydrogen-bond acceptors (Lipinski definition) is 3. The lowest BCUT2D eigenvalue weighted by Gasteiger charge is -2.11. The molecule has 1 fully saturated rings. The summed E-state index contributed by atoms with van der Waals surface area (Å²) in [5.74, 6) is -1.66. The van der Waals surface area contributed by atoms with E-state index in [1.54, 1.807) is 0 Å². The van der Waals surface area contributed by atoms with Crippen molar-refractivity contribution in [1.29, 1.82) is 0 Å². The molecule has 5 heteroatoms. The molecule has 0 amide bonds. The summed E-state index contributed by atoms with van der Waals surface area (Å²) in [7, 11) is 0. The predicted molar refractivity (Wildman–Crippen MR) is 46.4 cm³/mol. The summed E-state index contributed by atoms with van der Waals surface area (Å²) >= 11 is 0. The number of carbonyl (C=O) groups is 1. The van der Waals surface area contributed by atoms with Crippen LogP contribution in [0.3, 0.4) is 0 Å². The first-order chi connectivity index (χ1) is 7.22. The Hall–Kier alpha value is -1.33. The van der Waals surface area contributed by atoms with Crippen LogP contribution in [-0.2, 0) is 9.47 Å². The highest BCUT2D eigenvalue weighted by atomic mass is 19.1. The Bertz CT molecular complexity index is 363. The standard InChI is InChI=1S/C10H8F2O3/c11-7-3-6(5-13)4-8(12)9(7)10-14-1-2-15-10/h3-5,10H,1-2H2. The molecule has 2 rings (SSSR count). The fourth-order valence-electron chi connectivity index (χ4n) is 1.42. The molecule has 1 heterocycles. The van der Waals surface area contributed by atoms with Crippen LogP contribution in [0, 0.1) is 11.6 Å². The van der Waals surface area contributed by atoms with E-state index in [0.717, 1.165) is 12.1 Å². The Kier molecular flexibility index (Phi) is 2.75. The van der Waals surface area contributed by atoms with Crippen molar-refractivity contribution in [3.05, 3.63) is 34.9 Å². The highest BCUT2D eigenvalue weighted by Crippen LogP contribution is 2.28. The summed E-state index contributed by atoms with van der Waals surface area (Å²) in [6.45, 7) is 0.609. The van der Waals surface area contributed by atoms with E-state index in [1.165, 1.54) is 0 Å². The quantitative estimate of drug-likeness (QED) is 0.704. The SMILES string of the molecule is O=Cc1cc(F)c(C2OCCO2)c(F)c1. The van der Waals surface area contributed by atoms with Crippen LogP contribution in [0.15, 0.2) is 12.1 Å². The first-order valence-corrected chi connectivity index (χ1v) is 4.39. The van der Waals surface area contributed by atoms with E-state index in [1.807, 2.05) is 0 Å². The zero-order chi connectivity index (χ0) is 10.8. The Labute approximate surface area is 84.6 Å². The van der Waals surface area contributed by atoms with Gasteiger partial charge in [-0.2, -0.15) is 0 Å². The summed E-state index contributed by atoms with van der Waals surface area (Å²) < 4.78 is 36.7. The van der Waals surface area contributed by atoms with Crippen molar-refractivity contribution in [2.45, 2.75) is 6.29 Å². The van der Waals surface area contributed by atoms with Crippen molar-refractivity contribution < 1.29 is 23.0 Å². The largest absolute Gasteiger partial charge is 0.346 e. The van der Waals surface area contributed by atoms with E-state index in [9.17, 15) is 13.6 Å². The normalized spacial score (nSPS) is 16.9. The van der Waals surface area contributed by atoms with Gasteiger partial charge in [-0.05, 0) is 12.1 Å². The van der Waals surface area contributed by atoms with Crippen LogP contribution in [-0.4, -0.2) is 19.5 Å². The van der Waals surface area contributed by atoms with E-state index >= 15 is 0 Å². The summed E-state index contributed by atoms with van der Waals surface area (Å²) in [4.78, 5) is 10.3. The van der Waals surface area contributed by atoms with Crippen LogP contribution in [0.5, 0.6) is 0 Å². The van der Waals surface area contributed by atoms with Gasteiger partial charge in [0.05, 0.1) is 18.8 Å². The number of ether oxygens (including phenoxy) is 2. The second kappa shape index (κ2) is 4.04. The second-order valence-corrected chi connectivity index (χ2v) is 3.09. The lowest BCUT2D eigenvalue weighted by atomic mass is 10.1. The molecule has 0 saturated carbocycles. The van der Waals surface area contributed by atoms with Crippen molar-refractivity contribution >= 4 is 6.29 Å². The lowest BCUT2D eigenvalue weighted by Crippen LogP contribution is -2.06. The maximum Gasteiger partial charge on any atom is 0.189 e. The van der Waals surface area contributed by atoms with Crippen molar-refractivity contribution in [2.24, 2.45) is 0 Å². The molecule has 0 aromatic heterocycles. The molecule has 80 valence electrons. The molecule has 1 saturated heterocycles. The molecule has 0 aliphatic carbocycles. The predicted octanol–water partition coefficient (Wildman–Crippen LogP) is 1.82. The van der Waals surface area contributed by atoms with E-state index in [-0.39, 0.29) is 11.1 Å². The highest BCUT2D eigenvalue weighted by Gasteiger charge is 2.25. The number of benzene rings is 1. The third kappa shape index (κ3) is 1.88. The average Bonchev–Trinajstić information content (AvgIpc) is 2.69. The molecule has 1 aliphatic rings. The zero-order valence-corrected chi connectivity index (χ0v) is 7.70. The molecule has 1 aromatic carbocycles. The molecule has 0 N–H and O–H groups in total. The van der Waals surface area contributed by atoms with Gasteiger partial charge in [-0.3, -0.25) is 4.79 Å². The highest BCUT2D eigenvalue weighted by molar-refractivity contribution is 5.74. The minimum absolute atomic E-state index is 0.0493. The summed E-state index contributed by atoms with van der Waals surface area (Å²) in [5, 5.41) is 0. The Morgan fingerprint density at radius 1 is 1.20 bits per heavy atom. The maximum absolute atomic E-state index is 13.4. The third-order valence-electron chi connectivity index (χ3n) is 2.09. The van der Waals surface area contributed by atoms with E-state index in [2.05, 4.69) is 0 Å². The molecule has 0 bridgehead atoms. The molecule has 0 atom stereocenters. The zero-order valence-electron chi connectivity index (χ0n) is 7.70. The third-order valence-corrected chi connectivity index (χ3v) is 2.09. The minimum atomic E-state index is -1.01. The Morgan fingerprint density at radius 2 is 1.73 bits per heavy atom. The van der Waals surface area contributed by atoms with Gasteiger partial charge in [-0.15, -0.1) is 0 Å². The van der Waals surface area contributed by atoms with Crippen molar-refractivity contribution in [3.63, 3.8) is 0 Å². The molecule has 3 nitrogen and oxygen atoms in total. The van der Waals surface area contributed by atoms with Crippen LogP contribution >= 0.6 is 0 Å². The average molecular weight is 214 g/mol. The number of hydrogen-bond donors (Lipinski definition) is 0. The van der Waals surface area contributed by atoms with Crippen molar-refractivity contribution in [2.75, 3.05) is 13.2 Å². The fraction of sp³-hybridized carbons (Fsp3) is 0.300. The van der Waals surface area contributed by atoms with Gasteiger partial charge in [-0.25, -0.2) is 8.78 Å². The molecular formula is C10H8F2O3. The molecule has 1 aliphatic heterocycles. The van der Waals surface area contributed by atoms with Gasteiger partial charge in [0.1, 0.15) is 17.9 Å². The van der Waals surface area contributed by atoms with Crippen LogP contribution in [0.2, 0.25) is 0 Å². The first kappa shape index (κ1) is 10.2. The van der Waals surface area contributed by atoms with E-state index in [0.29, 0.717) is 19.5 Å². The van der Waals surface area contributed by atoms with Gasteiger partial charge in [-0.1, -0.05) is 0 Å². The molecule has 0 spiro atoms. The number of aldehydes is 1. The van der Waals surface area contributed by atoms with Crippen LogP contribution in [0.25, 0.3) is 0 Å². The Morgan fingerprint density at radius 3 is 2.20 bits per heavy atom. The lowest BCUT2D eigenvalue weighted by molar-refractivity contribution is -0.0489. The van der Waals surface area contributed by atoms with Gasteiger partial charge in [0.15, 0.2) is 6.29 Å². The molecule has 1 aromatic rings. The van der Waals surface area contributed by atoms with Crippen LogP contribution < -0.4 is 0 Å².